The third kappa shape index (κ3) is 2.60. The van der Waals surface area contributed by atoms with Gasteiger partial charge in [0.25, 0.3) is 5.56 Å². The van der Waals surface area contributed by atoms with E-state index in [2.05, 4.69) is 21.8 Å². The number of nitrogens with one attached hydrogen (secondary N) is 1. The maximum atomic E-state index is 11.4. The van der Waals surface area contributed by atoms with Gasteiger partial charge in [0.2, 0.25) is 0 Å². The Kier molecular flexibility index (Phi) is 3.66. The molecule has 0 atom stereocenters. The van der Waals surface area contributed by atoms with Crippen LogP contribution in [0.15, 0.2) is 11.1 Å². The first-order valence-corrected chi connectivity index (χ1v) is 6.30. The Morgan fingerprint density at radius 2 is 2.24 bits per heavy atom. The van der Waals surface area contributed by atoms with Crippen LogP contribution in [-0.4, -0.2) is 23.1 Å². The van der Waals surface area contributed by atoms with E-state index in [1.807, 2.05) is 0 Å². The van der Waals surface area contributed by atoms with Crippen molar-refractivity contribution in [3.63, 3.8) is 0 Å². The van der Waals surface area contributed by atoms with E-state index in [9.17, 15) is 4.79 Å². The molecule has 1 aliphatic rings. The number of hydrogen-bond acceptors (Lipinski definition) is 4. The highest BCUT2D eigenvalue weighted by Gasteiger charge is 2.21. The molecule has 94 valence electrons. The van der Waals surface area contributed by atoms with Crippen LogP contribution in [-0.2, 0) is 0 Å². The highest BCUT2D eigenvalue weighted by molar-refractivity contribution is 5.60. The first kappa shape index (κ1) is 12.0. The molecule has 3 N–H and O–H groups in total. The molecule has 17 heavy (non-hydrogen) atoms. The first-order chi connectivity index (χ1) is 8.22. The molecule has 1 aliphatic heterocycles. The van der Waals surface area contributed by atoms with Crippen LogP contribution in [0, 0.1) is 5.92 Å². The van der Waals surface area contributed by atoms with Gasteiger partial charge in [0.05, 0.1) is 6.33 Å². The fraction of sp³-hybridized carbons (Fsp3) is 0.667. The molecule has 0 unspecified atom stereocenters. The number of aromatic nitrogens is 2. The second-order valence-corrected chi connectivity index (χ2v) is 4.69. The van der Waals surface area contributed by atoms with Crippen molar-refractivity contribution in [1.29, 1.82) is 0 Å². The predicted octanol–water partition coefficient (Wildman–Crippen LogP) is 1.37. The van der Waals surface area contributed by atoms with Crippen LogP contribution in [0.5, 0.6) is 0 Å². The van der Waals surface area contributed by atoms with Gasteiger partial charge in [-0.2, -0.15) is 0 Å². The Balaban J connectivity index is 2.05. The van der Waals surface area contributed by atoms with Gasteiger partial charge in [0, 0.05) is 13.1 Å². The average Bonchev–Trinajstić information content (AvgIpc) is 2.34. The highest BCUT2D eigenvalue weighted by Crippen LogP contribution is 2.26. The van der Waals surface area contributed by atoms with E-state index in [0.717, 1.165) is 19.0 Å². The highest BCUT2D eigenvalue weighted by atomic mass is 16.1. The van der Waals surface area contributed by atoms with Crippen molar-refractivity contribution in [3.8, 4) is 0 Å². The fourth-order valence-electron chi connectivity index (χ4n) is 2.49. The molecule has 1 aromatic rings. The van der Waals surface area contributed by atoms with Gasteiger partial charge in [0.15, 0.2) is 5.82 Å². The lowest BCUT2D eigenvalue weighted by Crippen LogP contribution is -2.35. The quantitative estimate of drug-likeness (QED) is 0.831. The SMILES string of the molecule is CCCC1CCN(c2nc[nH]c(=O)c2N)CC1. The van der Waals surface area contributed by atoms with Crippen LogP contribution in [0.4, 0.5) is 11.5 Å². The van der Waals surface area contributed by atoms with Crippen LogP contribution >= 0.6 is 0 Å². The van der Waals surface area contributed by atoms with E-state index in [4.69, 9.17) is 5.73 Å². The van der Waals surface area contributed by atoms with E-state index < -0.39 is 0 Å². The van der Waals surface area contributed by atoms with Gasteiger partial charge in [-0.3, -0.25) is 4.79 Å². The smallest absolute Gasteiger partial charge is 0.276 e. The minimum atomic E-state index is -0.245. The van der Waals surface area contributed by atoms with E-state index >= 15 is 0 Å². The van der Waals surface area contributed by atoms with Gasteiger partial charge in [-0.05, 0) is 18.8 Å². The molecule has 0 bridgehead atoms. The number of rotatable bonds is 3. The average molecular weight is 236 g/mol. The zero-order valence-electron chi connectivity index (χ0n) is 10.3. The summed E-state index contributed by atoms with van der Waals surface area (Å²) in [5.41, 5.74) is 5.75. The number of anilines is 2. The zero-order valence-corrected chi connectivity index (χ0v) is 10.3. The van der Waals surface area contributed by atoms with Crippen molar-refractivity contribution >= 4 is 11.5 Å². The fourth-order valence-corrected chi connectivity index (χ4v) is 2.49. The largest absolute Gasteiger partial charge is 0.391 e. The minimum absolute atomic E-state index is 0.237. The Hall–Kier alpha value is -1.52. The molecule has 0 aliphatic carbocycles. The lowest BCUT2D eigenvalue weighted by Gasteiger charge is -2.33. The summed E-state index contributed by atoms with van der Waals surface area (Å²) in [6.45, 7) is 4.12. The molecule has 0 amide bonds. The van der Waals surface area contributed by atoms with Crippen molar-refractivity contribution in [2.75, 3.05) is 23.7 Å². The van der Waals surface area contributed by atoms with Gasteiger partial charge in [-0.1, -0.05) is 19.8 Å². The Bertz CT molecular complexity index is 421. The number of hydrogen-bond donors (Lipinski definition) is 2. The molecule has 1 saturated heterocycles. The van der Waals surface area contributed by atoms with E-state index in [-0.39, 0.29) is 11.2 Å². The Labute approximate surface area is 101 Å². The molecule has 1 aromatic heterocycles. The summed E-state index contributed by atoms with van der Waals surface area (Å²) in [4.78, 5) is 20.2. The topological polar surface area (TPSA) is 75.0 Å². The van der Waals surface area contributed by atoms with Crippen molar-refractivity contribution in [1.82, 2.24) is 9.97 Å². The van der Waals surface area contributed by atoms with Crippen LogP contribution < -0.4 is 16.2 Å². The van der Waals surface area contributed by atoms with Gasteiger partial charge in [-0.25, -0.2) is 4.98 Å². The van der Waals surface area contributed by atoms with E-state index in [1.165, 1.54) is 32.0 Å². The second-order valence-electron chi connectivity index (χ2n) is 4.69. The summed E-state index contributed by atoms with van der Waals surface area (Å²) < 4.78 is 0. The van der Waals surface area contributed by atoms with Crippen molar-refractivity contribution < 1.29 is 0 Å². The third-order valence-electron chi connectivity index (χ3n) is 3.48. The minimum Gasteiger partial charge on any atom is -0.391 e. The number of H-pyrrole nitrogens is 1. The van der Waals surface area contributed by atoms with Gasteiger partial charge in [-0.15, -0.1) is 0 Å². The monoisotopic (exact) mass is 236 g/mol. The van der Waals surface area contributed by atoms with E-state index in [0.29, 0.717) is 5.82 Å². The molecule has 0 spiro atoms. The number of nitrogen functional groups attached to an aromatic ring is 1. The molecule has 0 radical (unpaired) electrons. The predicted molar refractivity (Wildman–Crippen MR) is 69.1 cm³/mol. The first-order valence-electron chi connectivity index (χ1n) is 6.30. The summed E-state index contributed by atoms with van der Waals surface area (Å²) in [6, 6.07) is 0. The zero-order chi connectivity index (χ0) is 12.3. The molecular formula is C12H20N4O. The molecule has 5 nitrogen and oxygen atoms in total. The Morgan fingerprint density at radius 3 is 2.88 bits per heavy atom. The van der Waals surface area contributed by atoms with Crippen molar-refractivity contribution in [2.45, 2.75) is 32.6 Å². The molecular weight excluding hydrogens is 216 g/mol. The van der Waals surface area contributed by atoms with Crippen LogP contribution in [0.3, 0.4) is 0 Å². The second kappa shape index (κ2) is 5.21. The van der Waals surface area contributed by atoms with Crippen molar-refractivity contribution in [3.05, 3.63) is 16.7 Å². The summed E-state index contributed by atoms with van der Waals surface area (Å²) in [6.07, 6.45) is 6.30. The maximum absolute atomic E-state index is 11.4. The summed E-state index contributed by atoms with van der Waals surface area (Å²) >= 11 is 0. The van der Waals surface area contributed by atoms with Crippen LogP contribution in [0.25, 0.3) is 0 Å². The molecule has 2 heterocycles. The third-order valence-corrected chi connectivity index (χ3v) is 3.48. The number of nitrogens with zero attached hydrogens (tertiary/aromatic N) is 2. The van der Waals surface area contributed by atoms with Crippen molar-refractivity contribution in [2.24, 2.45) is 5.92 Å². The van der Waals surface area contributed by atoms with E-state index in [1.54, 1.807) is 0 Å². The molecule has 0 aromatic carbocycles. The summed E-state index contributed by atoms with van der Waals surface area (Å²) in [5, 5.41) is 0. The molecule has 0 saturated carbocycles. The number of nitrogens with two attached hydrogens (primary N) is 1. The molecule has 2 rings (SSSR count). The lowest BCUT2D eigenvalue weighted by atomic mass is 9.92. The Morgan fingerprint density at radius 1 is 1.53 bits per heavy atom. The van der Waals surface area contributed by atoms with Gasteiger partial charge in [0.1, 0.15) is 5.69 Å². The summed E-state index contributed by atoms with van der Waals surface area (Å²) in [7, 11) is 0. The molecule has 1 fully saturated rings. The number of piperidine rings is 1. The van der Waals surface area contributed by atoms with Gasteiger partial charge >= 0.3 is 0 Å². The lowest BCUT2D eigenvalue weighted by molar-refractivity contribution is 0.377. The van der Waals surface area contributed by atoms with Crippen LogP contribution in [0.2, 0.25) is 0 Å². The van der Waals surface area contributed by atoms with Crippen LogP contribution in [0.1, 0.15) is 32.6 Å². The number of aromatic amines is 1. The maximum Gasteiger partial charge on any atom is 0.276 e. The summed E-state index contributed by atoms with van der Waals surface area (Å²) in [5.74, 6) is 1.46. The standard InChI is InChI=1S/C12H20N4O/c1-2-3-9-4-6-16(7-5-9)11-10(13)12(17)15-8-14-11/h8-9H,2-7,13H2,1H3,(H,14,15,17). The van der Waals surface area contributed by atoms with Gasteiger partial charge < -0.3 is 15.6 Å². The molecule has 5 heteroatoms. The normalized spacial score (nSPS) is 17.4.